The maximum Gasteiger partial charge on any atom is 0.373 e. The number of amides is 2. The van der Waals surface area contributed by atoms with Crippen LogP contribution in [0, 0.1) is 0 Å². The first kappa shape index (κ1) is 43.4. The lowest BCUT2D eigenvalue weighted by Gasteiger charge is -2.09. The molecular weight excluding hydrogens is 960 g/mol. The van der Waals surface area contributed by atoms with Crippen LogP contribution < -0.4 is 21.9 Å². The molecule has 1 heterocycles. The molecule has 13 rings (SSSR count). The molecule has 3 aliphatic carbocycles. The van der Waals surface area contributed by atoms with E-state index in [1.54, 1.807) is 0 Å². The minimum atomic E-state index is -0.144. The molecule has 1 fully saturated rings. The van der Waals surface area contributed by atoms with Crippen LogP contribution in [0.15, 0.2) is 156 Å². The van der Waals surface area contributed by atoms with Crippen LogP contribution in [0.1, 0.15) is 12.8 Å². The number of fused-ring (bicyclic) bond motifs is 9. The molecular formula is C54H36Br2N4O6. The maximum atomic E-state index is 10.6. The first-order chi connectivity index (χ1) is 32.1. The number of ether oxygens (including phenoxy) is 1. The second kappa shape index (κ2) is 17.9. The predicted octanol–water partition coefficient (Wildman–Crippen LogP) is 12.4. The van der Waals surface area contributed by atoms with Crippen LogP contribution in [0.5, 0.6) is 5.75 Å². The lowest BCUT2D eigenvalue weighted by atomic mass is 10.0. The number of nitrogens with two attached hydrogens (primary N) is 3. The highest BCUT2D eigenvalue weighted by atomic mass is 79.9. The second-order valence-corrected chi connectivity index (χ2v) is 17.1. The Morgan fingerprint density at radius 2 is 0.848 bits per heavy atom. The van der Waals surface area contributed by atoms with Crippen molar-refractivity contribution in [1.29, 1.82) is 0 Å². The van der Waals surface area contributed by atoms with E-state index in [9.17, 15) is 14.4 Å². The standard InChI is InChI=1S/C17H11NO2.C16H10BrN.C16H11N.C4H4BrNO2.CO2/c18-17-13-7-3-6-12-10-4-1-2-5-11(10)14(16(12)13)8-15(17)20-9-19;17-14-8-13-10-5-2-1-4-9(10)11-6-3-7-12(15(11)13)16(14)18;17-15-9-8-13-11-5-2-1-4-10(11)12-6-3-7-14(15)16(12)13;5-6-3(7)1-2-4(6)8;2-1-3/h1-9H,18H2;1-8H,18H2;1-9H,17H2;1-2H2;. The molecule has 1 saturated heterocycles. The molecule has 10 nitrogen and oxygen atoms in total. The van der Waals surface area contributed by atoms with Gasteiger partial charge in [0.2, 0.25) is 11.8 Å². The first-order valence-corrected chi connectivity index (χ1v) is 22.2. The fourth-order valence-corrected chi connectivity index (χ4v) is 10.1. The van der Waals surface area contributed by atoms with Crippen molar-refractivity contribution in [1.82, 2.24) is 3.93 Å². The third-order valence-electron chi connectivity index (χ3n) is 12.1. The second-order valence-electron chi connectivity index (χ2n) is 15.5. The van der Waals surface area contributed by atoms with Gasteiger partial charge in [-0.3, -0.25) is 14.4 Å². The molecule has 4 aliphatic rings. The van der Waals surface area contributed by atoms with E-state index in [1.807, 2.05) is 36.4 Å². The Labute approximate surface area is 395 Å². The fourth-order valence-electron chi connectivity index (χ4n) is 9.26. The molecule has 0 unspecified atom stereocenters. The van der Waals surface area contributed by atoms with Crippen molar-refractivity contribution in [3.05, 3.63) is 156 Å². The van der Waals surface area contributed by atoms with Gasteiger partial charge in [-0.25, -0.2) is 3.93 Å². The summed E-state index contributed by atoms with van der Waals surface area (Å²) >= 11 is 6.36. The maximum absolute atomic E-state index is 10.6. The number of hydrogen-bond acceptors (Lipinski definition) is 9. The van der Waals surface area contributed by atoms with Crippen LogP contribution >= 0.6 is 32.1 Å². The predicted molar refractivity (Wildman–Crippen MR) is 268 cm³/mol. The van der Waals surface area contributed by atoms with Crippen molar-refractivity contribution in [2.75, 3.05) is 17.2 Å². The Bertz CT molecular complexity index is 3490. The number of imide groups is 1. The van der Waals surface area contributed by atoms with Crippen molar-refractivity contribution in [3.8, 4) is 72.5 Å². The van der Waals surface area contributed by atoms with Crippen LogP contribution in [0.25, 0.3) is 99.1 Å². The molecule has 0 saturated carbocycles. The van der Waals surface area contributed by atoms with Gasteiger partial charge in [0.1, 0.15) is 0 Å². The molecule has 1 aliphatic heterocycles. The van der Waals surface area contributed by atoms with Gasteiger partial charge in [0.15, 0.2) is 5.75 Å². The number of rotatable bonds is 2. The third-order valence-corrected chi connectivity index (χ3v) is 13.5. The number of hydrogen-bond donors (Lipinski definition) is 3. The van der Waals surface area contributed by atoms with Gasteiger partial charge in [-0.1, -0.05) is 133 Å². The molecule has 66 heavy (non-hydrogen) atoms. The lowest BCUT2D eigenvalue weighted by Crippen LogP contribution is -2.16. The van der Waals surface area contributed by atoms with Crippen LogP contribution in [-0.2, 0) is 24.0 Å². The van der Waals surface area contributed by atoms with E-state index < -0.39 is 0 Å². The van der Waals surface area contributed by atoms with Gasteiger partial charge in [-0.15, -0.1) is 0 Å². The molecule has 0 atom stereocenters. The number of nitrogen functional groups attached to an aromatic ring is 3. The summed E-state index contributed by atoms with van der Waals surface area (Å²) in [7, 11) is 0. The zero-order valence-electron chi connectivity index (χ0n) is 34.8. The van der Waals surface area contributed by atoms with Gasteiger partial charge in [-0.2, -0.15) is 9.59 Å². The molecule has 0 aromatic heterocycles. The summed E-state index contributed by atoms with van der Waals surface area (Å²) in [5.74, 6) is 0.126. The summed E-state index contributed by atoms with van der Waals surface area (Å²) in [6.45, 7) is 0.412. The van der Waals surface area contributed by atoms with E-state index in [1.165, 1.54) is 66.4 Å². The Kier molecular flexibility index (Phi) is 11.8. The number of carbonyl (C=O) groups is 3. The van der Waals surface area contributed by atoms with E-state index >= 15 is 0 Å². The first-order valence-electron chi connectivity index (χ1n) is 20.6. The Morgan fingerprint density at radius 3 is 1.27 bits per heavy atom. The highest BCUT2D eigenvalue weighted by Gasteiger charge is 2.27. The zero-order chi connectivity index (χ0) is 46.2. The molecule has 322 valence electrons. The summed E-state index contributed by atoms with van der Waals surface area (Å²) in [5.41, 5.74) is 35.5. The van der Waals surface area contributed by atoms with Crippen molar-refractivity contribution in [2.45, 2.75) is 12.8 Å². The van der Waals surface area contributed by atoms with Gasteiger partial charge in [-0.05, 0) is 117 Å². The Hall–Kier alpha value is -7.89. The number of carbonyl (C=O) groups excluding carboxylic acids is 5. The molecule has 0 bridgehead atoms. The molecule has 12 heteroatoms. The smallest absolute Gasteiger partial charge is 0.373 e. The minimum Gasteiger partial charge on any atom is -0.426 e. The molecule has 0 spiro atoms. The quantitative estimate of drug-likeness (QED) is 0.0658. The zero-order valence-corrected chi connectivity index (χ0v) is 38.0. The van der Waals surface area contributed by atoms with E-state index in [-0.39, 0.29) is 18.0 Å². The number of halogens is 2. The van der Waals surface area contributed by atoms with Gasteiger partial charge < -0.3 is 21.9 Å². The molecule has 6 N–H and O–H groups in total. The molecule has 0 radical (unpaired) electrons. The normalized spacial score (nSPS) is 12.3. The van der Waals surface area contributed by atoms with E-state index in [2.05, 4.69) is 147 Å². The van der Waals surface area contributed by atoms with Crippen LogP contribution in [0.2, 0.25) is 0 Å². The summed E-state index contributed by atoms with van der Waals surface area (Å²) in [4.78, 5) is 47.8. The largest absolute Gasteiger partial charge is 0.426 e. The number of nitrogens with zero attached hydrogens (tertiary/aromatic N) is 1. The summed E-state index contributed by atoms with van der Waals surface area (Å²) in [6.07, 6.45) is 0.953. The molecule has 9 aromatic carbocycles. The van der Waals surface area contributed by atoms with Crippen molar-refractivity contribution < 1.29 is 28.7 Å². The minimum absolute atomic E-state index is 0.144. The van der Waals surface area contributed by atoms with Crippen molar-refractivity contribution in [3.63, 3.8) is 0 Å². The van der Waals surface area contributed by atoms with Crippen molar-refractivity contribution >= 4 is 106 Å². The molecule has 9 aromatic rings. The molecule has 2 amide bonds. The monoisotopic (exact) mass is 994 g/mol. The summed E-state index contributed by atoms with van der Waals surface area (Å²) in [6, 6.07) is 52.1. The fraction of sp³-hybridized carbons (Fsp3) is 0.0370. The van der Waals surface area contributed by atoms with Crippen LogP contribution in [0.3, 0.4) is 0 Å². The van der Waals surface area contributed by atoms with E-state index in [0.717, 1.165) is 52.4 Å². The SMILES string of the molecule is Nc1c(Br)cc2c3c(cccc13)-c1ccccc1-2.Nc1c(OC=O)cc2c3c(cccc13)-c1ccccc1-2.Nc1ccc2c3c(cccc13)-c1ccccc1-2.O=C1CCC(=O)N1Br.O=C=O. The van der Waals surface area contributed by atoms with E-state index in [4.69, 9.17) is 31.5 Å². The van der Waals surface area contributed by atoms with Gasteiger partial charge in [0, 0.05) is 39.2 Å². The summed E-state index contributed by atoms with van der Waals surface area (Å²) in [5, 5.41) is 6.93. The number of anilines is 3. The number of benzene rings is 9. The Morgan fingerprint density at radius 1 is 0.485 bits per heavy atom. The third kappa shape index (κ3) is 7.37. The highest BCUT2D eigenvalue weighted by molar-refractivity contribution is 9.10. The topological polar surface area (TPSA) is 176 Å². The highest BCUT2D eigenvalue weighted by Crippen LogP contribution is 2.52. The van der Waals surface area contributed by atoms with Crippen molar-refractivity contribution in [2.24, 2.45) is 0 Å². The van der Waals surface area contributed by atoms with Crippen LogP contribution in [0.4, 0.5) is 17.1 Å². The van der Waals surface area contributed by atoms with Gasteiger partial charge in [0.05, 0.1) is 27.5 Å². The lowest BCUT2D eigenvalue weighted by molar-refractivity contribution is -0.191. The average molecular weight is 997 g/mol. The summed E-state index contributed by atoms with van der Waals surface area (Å²) < 4.78 is 6.97. The van der Waals surface area contributed by atoms with Gasteiger partial charge >= 0.3 is 6.15 Å². The average Bonchev–Trinajstić information content (AvgIpc) is 4.05. The van der Waals surface area contributed by atoms with Crippen LogP contribution in [-0.4, -0.2) is 28.4 Å². The Balaban J connectivity index is 0.000000112. The van der Waals surface area contributed by atoms with Gasteiger partial charge in [0.25, 0.3) is 6.47 Å². The van der Waals surface area contributed by atoms with E-state index in [0.29, 0.717) is 30.8 Å².